The van der Waals surface area contributed by atoms with Gasteiger partial charge in [0.2, 0.25) is 0 Å². The lowest BCUT2D eigenvalue weighted by molar-refractivity contribution is 0.624. The van der Waals surface area contributed by atoms with Crippen molar-refractivity contribution in [1.82, 2.24) is 25.4 Å². The highest BCUT2D eigenvalue weighted by molar-refractivity contribution is 5.80. The van der Waals surface area contributed by atoms with E-state index in [0.717, 1.165) is 25.5 Å². The van der Waals surface area contributed by atoms with Crippen LogP contribution in [0.2, 0.25) is 0 Å². The highest BCUT2D eigenvalue weighted by Gasteiger charge is 2.07. The lowest BCUT2D eigenvalue weighted by atomic mass is 9.98. The molecule has 152 valence electrons. The molecule has 0 saturated heterocycles. The van der Waals surface area contributed by atoms with E-state index in [1.807, 2.05) is 4.68 Å². The smallest absolute Gasteiger partial charge is 0.191 e. The molecular weight excluding hydrogens is 360 g/mol. The summed E-state index contributed by atoms with van der Waals surface area (Å²) in [6.45, 7) is 8.62. The summed E-state index contributed by atoms with van der Waals surface area (Å²) < 4.78 is 1.82. The summed E-state index contributed by atoms with van der Waals surface area (Å²) in [5.74, 6) is 0.861. The van der Waals surface area contributed by atoms with Gasteiger partial charge in [0.25, 0.3) is 0 Å². The fourth-order valence-corrected chi connectivity index (χ4v) is 3.05. The largest absolute Gasteiger partial charge is 0.357 e. The van der Waals surface area contributed by atoms with E-state index in [9.17, 15) is 0 Å². The average Bonchev–Trinajstić information content (AvgIpc) is 3.26. The van der Waals surface area contributed by atoms with Gasteiger partial charge in [-0.1, -0.05) is 55.5 Å². The Bertz CT molecular complexity index is 899. The molecule has 0 aliphatic carbocycles. The minimum Gasteiger partial charge on any atom is -0.357 e. The van der Waals surface area contributed by atoms with Crippen LogP contribution in [-0.2, 0) is 13.1 Å². The number of hydrogen-bond donors (Lipinski definition) is 2. The normalized spacial score (nSPS) is 12.6. The molecule has 0 spiro atoms. The summed E-state index contributed by atoms with van der Waals surface area (Å²) in [4.78, 5) is 8.80. The summed E-state index contributed by atoms with van der Waals surface area (Å²) in [6, 6.07) is 17.5. The van der Waals surface area contributed by atoms with Crippen LogP contribution in [0.5, 0.6) is 0 Å². The summed E-state index contributed by atoms with van der Waals surface area (Å²) in [5, 5.41) is 10.9. The summed E-state index contributed by atoms with van der Waals surface area (Å²) in [6.07, 6.45) is 4.35. The molecule has 0 radical (unpaired) electrons. The minimum absolute atomic E-state index is 0.389. The molecule has 0 fully saturated rings. The first kappa shape index (κ1) is 20.6. The fourth-order valence-electron chi connectivity index (χ4n) is 3.05. The quantitative estimate of drug-likeness (QED) is 0.453. The van der Waals surface area contributed by atoms with Crippen molar-refractivity contribution in [3.05, 3.63) is 72.3 Å². The number of guanidine groups is 1. The van der Waals surface area contributed by atoms with Crippen molar-refractivity contribution < 1.29 is 0 Å². The molecular formula is C23H30N6. The van der Waals surface area contributed by atoms with Crippen LogP contribution in [-0.4, -0.2) is 33.3 Å². The lowest BCUT2D eigenvalue weighted by Crippen LogP contribution is -2.41. The van der Waals surface area contributed by atoms with Crippen LogP contribution < -0.4 is 10.6 Å². The van der Waals surface area contributed by atoms with Gasteiger partial charge in [0.15, 0.2) is 5.96 Å². The SMILES string of the molecule is CCNC(=NCc1ccccc1-c1ccc(Cn2cncn2)cc1)NC(C)CC. The van der Waals surface area contributed by atoms with E-state index in [2.05, 4.69) is 90.0 Å². The van der Waals surface area contributed by atoms with Gasteiger partial charge in [-0.25, -0.2) is 14.7 Å². The third-order valence-electron chi connectivity index (χ3n) is 4.84. The topological polar surface area (TPSA) is 67.1 Å². The Kier molecular flexibility index (Phi) is 7.39. The van der Waals surface area contributed by atoms with E-state index in [1.54, 1.807) is 12.7 Å². The standard InChI is InChI=1S/C23H30N6/c1-4-18(3)28-23(25-5-2)26-14-21-8-6-7-9-22(21)20-12-10-19(11-13-20)15-29-17-24-16-27-29/h6-13,16-18H,4-5,14-15H2,1-3H3,(H2,25,26,28). The molecule has 6 nitrogen and oxygen atoms in total. The van der Waals surface area contributed by atoms with Gasteiger partial charge in [-0.05, 0) is 42.5 Å². The van der Waals surface area contributed by atoms with Gasteiger partial charge < -0.3 is 10.6 Å². The van der Waals surface area contributed by atoms with Crippen LogP contribution in [0, 0.1) is 0 Å². The number of nitrogens with one attached hydrogen (secondary N) is 2. The Balaban J connectivity index is 1.76. The second-order valence-corrected chi connectivity index (χ2v) is 7.10. The van der Waals surface area contributed by atoms with Gasteiger partial charge in [-0.2, -0.15) is 5.10 Å². The van der Waals surface area contributed by atoms with Crippen molar-refractivity contribution in [3.8, 4) is 11.1 Å². The fraction of sp³-hybridized carbons (Fsp3) is 0.348. The maximum Gasteiger partial charge on any atom is 0.191 e. The highest BCUT2D eigenvalue weighted by Crippen LogP contribution is 2.25. The van der Waals surface area contributed by atoms with Gasteiger partial charge in [-0.15, -0.1) is 0 Å². The Morgan fingerprint density at radius 2 is 1.90 bits per heavy atom. The molecule has 0 amide bonds. The second kappa shape index (κ2) is 10.4. The number of aromatic nitrogens is 3. The molecule has 1 aromatic heterocycles. The first-order chi connectivity index (χ1) is 14.2. The zero-order valence-corrected chi connectivity index (χ0v) is 17.5. The third kappa shape index (κ3) is 5.91. The number of nitrogens with zero attached hydrogens (tertiary/aromatic N) is 4. The maximum absolute atomic E-state index is 4.80. The molecule has 0 saturated carbocycles. The van der Waals surface area contributed by atoms with Gasteiger partial charge in [0.1, 0.15) is 12.7 Å². The van der Waals surface area contributed by atoms with E-state index in [1.165, 1.54) is 22.3 Å². The van der Waals surface area contributed by atoms with Crippen molar-refractivity contribution >= 4 is 5.96 Å². The minimum atomic E-state index is 0.389. The molecule has 1 unspecified atom stereocenters. The Labute approximate surface area is 173 Å². The van der Waals surface area contributed by atoms with Crippen LogP contribution in [0.3, 0.4) is 0 Å². The van der Waals surface area contributed by atoms with Gasteiger partial charge in [-0.3, -0.25) is 0 Å². The monoisotopic (exact) mass is 390 g/mol. The number of hydrogen-bond acceptors (Lipinski definition) is 3. The Morgan fingerprint density at radius 3 is 2.59 bits per heavy atom. The maximum atomic E-state index is 4.80. The number of benzene rings is 2. The van der Waals surface area contributed by atoms with Gasteiger partial charge >= 0.3 is 0 Å². The molecule has 0 aliphatic rings. The molecule has 0 aliphatic heterocycles. The molecule has 3 rings (SSSR count). The van der Waals surface area contributed by atoms with Crippen molar-refractivity contribution in [2.45, 2.75) is 46.3 Å². The van der Waals surface area contributed by atoms with Crippen molar-refractivity contribution in [2.75, 3.05) is 6.54 Å². The molecule has 2 aromatic carbocycles. The third-order valence-corrected chi connectivity index (χ3v) is 4.84. The van der Waals surface area contributed by atoms with E-state index >= 15 is 0 Å². The molecule has 1 heterocycles. The van der Waals surface area contributed by atoms with Gasteiger partial charge in [0.05, 0.1) is 13.1 Å². The van der Waals surface area contributed by atoms with E-state index in [0.29, 0.717) is 12.6 Å². The van der Waals surface area contributed by atoms with E-state index < -0.39 is 0 Å². The first-order valence-electron chi connectivity index (χ1n) is 10.2. The Morgan fingerprint density at radius 1 is 1.10 bits per heavy atom. The van der Waals surface area contributed by atoms with Gasteiger partial charge in [0, 0.05) is 12.6 Å². The van der Waals surface area contributed by atoms with E-state index in [-0.39, 0.29) is 0 Å². The molecule has 2 N–H and O–H groups in total. The van der Waals surface area contributed by atoms with Crippen LogP contribution in [0.1, 0.15) is 38.3 Å². The second-order valence-electron chi connectivity index (χ2n) is 7.10. The van der Waals surface area contributed by atoms with Crippen LogP contribution in [0.25, 0.3) is 11.1 Å². The van der Waals surface area contributed by atoms with Crippen LogP contribution in [0.15, 0.2) is 66.2 Å². The molecule has 29 heavy (non-hydrogen) atoms. The molecule has 0 bridgehead atoms. The van der Waals surface area contributed by atoms with Crippen molar-refractivity contribution in [1.29, 1.82) is 0 Å². The zero-order chi connectivity index (χ0) is 20.5. The van der Waals surface area contributed by atoms with Crippen molar-refractivity contribution in [3.63, 3.8) is 0 Å². The number of aliphatic imine (C=N–C) groups is 1. The summed E-state index contributed by atoms with van der Waals surface area (Å²) in [7, 11) is 0. The lowest BCUT2D eigenvalue weighted by Gasteiger charge is -2.16. The first-order valence-corrected chi connectivity index (χ1v) is 10.2. The van der Waals surface area contributed by atoms with E-state index in [4.69, 9.17) is 4.99 Å². The molecule has 6 heteroatoms. The summed E-state index contributed by atoms with van der Waals surface area (Å²) >= 11 is 0. The van der Waals surface area contributed by atoms with Crippen LogP contribution in [0.4, 0.5) is 0 Å². The van der Waals surface area contributed by atoms with Crippen LogP contribution >= 0.6 is 0 Å². The number of rotatable bonds is 8. The predicted octanol–water partition coefficient (Wildman–Crippen LogP) is 3.85. The zero-order valence-electron chi connectivity index (χ0n) is 17.5. The summed E-state index contributed by atoms with van der Waals surface area (Å²) in [5.41, 5.74) is 4.81. The average molecular weight is 391 g/mol. The molecule has 3 aromatic rings. The Hall–Kier alpha value is -3.15. The highest BCUT2D eigenvalue weighted by atomic mass is 15.3. The molecule has 1 atom stereocenters. The van der Waals surface area contributed by atoms with Crippen molar-refractivity contribution in [2.24, 2.45) is 4.99 Å². The predicted molar refractivity (Wildman–Crippen MR) is 119 cm³/mol.